The van der Waals surface area contributed by atoms with Crippen LogP contribution in [0.1, 0.15) is 31.7 Å². The van der Waals surface area contributed by atoms with E-state index in [0.717, 1.165) is 23.1 Å². The number of hydrogen-bond acceptors (Lipinski definition) is 1. The zero-order chi connectivity index (χ0) is 17.8. The molecule has 1 atom stereocenters. The lowest BCUT2D eigenvalue weighted by molar-refractivity contribution is -0.658. The zero-order valence-corrected chi connectivity index (χ0v) is 14.8. The number of aromatic nitrogens is 2. The molecule has 1 heterocycles. The SMILES string of the molecule is C=Cn1c[n+](CC(=O)Nc2ccc([C@@H](C)CC)cc2)c2ccccc21. The summed E-state index contributed by atoms with van der Waals surface area (Å²) in [5.41, 5.74) is 4.15. The number of amides is 1. The van der Waals surface area contributed by atoms with Crippen molar-refractivity contribution in [1.29, 1.82) is 0 Å². The molecule has 4 nitrogen and oxygen atoms in total. The zero-order valence-electron chi connectivity index (χ0n) is 14.8. The third-order valence-corrected chi connectivity index (χ3v) is 4.62. The number of hydrogen-bond donors (Lipinski definition) is 1. The summed E-state index contributed by atoms with van der Waals surface area (Å²) in [5, 5.41) is 2.97. The minimum atomic E-state index is -0.0479. The Hall–Kier alpha value is -2.88. The van der Waals surface area contributed by atoms with Gasteiger partial charge in [-0.1, -0.05) is 44.7 Å². The first-order valence-electron chi connectivity index (χ1n) is 8.63. The molecule has 3 aromatic rings. The fourth-order valence-corrected chi connectivity index (χ4v) is 2.96. The van der Waals surface area contributed by atoms with E-state index in [0.29, 0.717) is 5.92 Å². The Kier molecular flexibility index (Phi) is 4.98. The van der Waals surface area contributed by atoms with Crippen molar-refractivity contribution in [3.8, 4) is 0 Å². The Bertz CT molecular complexity index is 893. The third-order valence-electron chi connectivity index (χ3n) is 4.62. The molecular weight excluding hydrogens is 310 g/mol. The predicted molar refractivity (Wildman–Crippen MR) is 102 cm³/mol. The lowest BCUT2D eigenvalue weighted by atomic mass is 9.99. The molecular formula is C21H24N3O+. The van der Waals surface area contributed by atoms with Crippen LogP contribution in [0.2, 0.25) is 0 Å². The standard InChI is InChI=1S/C21H23N3O/c1-4-16(3)17-10-12-18(13-11-17)22-21(25)14-24-15-23(5-2)19-8-6-7-9-20(19)24/h5-13,15-16H,2,4,14H2,1,3H3/p+1/t16-/m0/s1. The molecule has 0 saturated heterocycles. The Morgan fingerprint density at radius 1 is 1.24 bits per heavy atom. The molecule has 0 aliphatic rings. The molecule has 1 N–H and O–H groups in total. The summed E-state index contributed by atoms with van der Waals surface area (Å²) in [5.74, 6) is 0.485. The molecule has 3 rings (SSSR count). The molecule has 0 unspecified atom stereocenters. The van der Waals surface area contributed by atoms with Gasteiger partial charge in [0.25, 0.3) is 5.91 Å². The van der Waals surface area contributed by atoms with E-state index in [-0.39, 0.29) is 12.5 Å². The van der Waals surface area contributed by atoms with Gasteiger partial charge >= 0.3 is 0 Å². The number of fused-ring (bicyclic) bond motifs is 1. The normalized spacial score (nSPS) is 12.1. The molecule has 0 fully saturated rings. The highest BCUT2D eigenvalue weighted by atomic mass is 16.1. The van der Waals surface area contributed by atoms with Crippen LogP contribution >= 0.6 is 0 Å². The molecule has 0 bridgehead atoms. The van der Waals surface area contributed by atoms with Crippen molar-refractivity contribution in [1.82, 2.24) is 4.57 Å². The highest BCUT2D eigenvalue weighted by Gasteiger charge is 2.16. The van der Waals surface area contributed by atoms with Gasteiger partial charge in [-0.25, -0.2) is 9.13 Å². The van der Waals surface area contributed by atoms with Crippen LogP contribution in [-0.4, -0.2) is 10.5 Å². The van der Waals surface area contributed by atoms with E-state index in [1.165, 1.54) is 5.56 Å². The summed E-state index contributed by atoms with van der Waals surface area (Å²) >= 11 is 0. The van der Waals surface area contributed by atoms with E-state index in [1.54, 1.807) is 6.20 Å². The second kappa shape index (κ2) is 7.34. The summed E-state index contributed by atoms with van der Waals surface area (Å²) in [7, 11) is 0. The maximum absolute atomic E-state index is 12.4. The molecule has 25 heavy (non-hydrogen) atoms. The average molecular weight is 334 g/mol. The first kappa shape index (κ1) is 17.0. The summed E-state index contributed by atoms with van der Waals surface area (Å²) in [4.78, 5) is 12.4. The van der Waals surface area contributed by atoms with E-state index >= 15 is 0 Å². The second-order valence-corrected chi connectivity index (χ2v) is 6.30. The predicted octanol–water partition coefficient (Wildman–Crippen LogP) is 4.18. The highest BCUT2D eigenvalue weighted by molar-refractivity contribution is 5.90. The van der Waals surface area contributed by atoms with Crippen molar-refractivity contribution in [2.24, 2.45) is 0 Å². The first-order chi connectivity index (χ1) is 12.1. The minimum absolute atomic E-state index is 0.0479. The maximum atomic E-state index is 12.4. The summed E-state index contributed by atoms with van der Waals surface area (Å²) in [6.45, 7) is 8.46. The minimum Gasteiger partial charge on any atom is -0.323 e. The monoisotopic (exact) mass is 334 g/mol. The fourth-order valence-electron chi connectivity index (χ4n) is 2.96. The van der Waals surface area contributed by atoms with Crippen molar-refractivity contribution in [2.75, 3.05) is 5.32 Å². The molecule has 0 radical (unpaired) electrons. The largest absolute Gasteiger partial charge is 0.323 e. The molecule has 128 valence electrons. The molecule has 0 aliphatic carbocycles. The first-order valence-corrected chi connectivity index (χ1v) is 8.63. The van der Waals surface area contributed by atoms with Crippen LogP contribution in [0.4, 0.5) is 5.69 Å². The van der Waals surface area contributed by atoms with Gasteiger partial charge < -0.3 is 5.32 Å². The van der Waals surface area contributed by atoms with Gasteiger partial charge in [0.05, 0.1) is 6.20 Å². The van der Waals surface area contributed by atoms with Gasteiger partial charge in [-0.05, 0) is 42.2 Å². The summed E-state index contributed by atoms with van der Waals surface area (Å²) < 4.78 is 3.85. The van der Waals surface area contributed by atoms with Gasteiger partial charge in [0.15, 0.2) is 17.6 Å². The molecule has 0 saturated carbocycles. The number of carbonyl (C=O) groups is 1. The van der Waals surface area contributed by atoms with Crippen LogP contribution in [0.3, 0.4) is 0 Å². The van der Waals surface area contributed by atoms with Gasteiger partial charge in [0, 0.05) is 5.69 Å². The van der Waals surface area contributed by atoms with Gasteiger partial charge in [-0.3, -0.25) is 4.79 Å². The topological polar surface area (TPSA) is 37.9 Å². The van der Waals surface area contributed by atoms with Gasteiger partial charge in [-0.15, -0.1) is 0 Å². The van der Waals surface area contributed by atoms with Crippen LogP contribution in [0.5, 0.6) is 0 Å². The number of carbonyl (C=O) groups excluding carboxylic acids is 1. The van der Waals surface area contributed by atoms with Gasteiger partial charge in [0.1, 0.15) is 0 Å². The number of rotatable bonds is 6. The molecule has 2 aromatic carbocycles. The number of benzene rings is 2. The number of imidazole rings is 1. The van der Waals surface area contributed by atoms with Crippen molar-refractivity contribution in [2.45, 2.75) is 32.7 Å². The number of para-hydroxylation sites is 2. The number of anilines is 1. The van der Waals surface area contributed by atoms with Crippen LogP contribution in [0, 0.1) is 0 Å². The second-order valence-electron chi connectivity index (χ2n) is 6.30. The average Bonchev–Trinajstić information content (AvgIpc) is 2.99. The van der Waals surface area contributed by atoms with E-state index in [9.17, 15) is 4.79 Å². The lowest BCUT2D eigenvalue weighted by Crippen LogP contribution is -2.39. The Morgan fingerprint density at radius 3 is 2.64 bits per heavy atom. The maximum Gasteiger partial charge on any atom is 0.266 e. The molecule has 1 aromatic heterocycles. The lowest BCUT2D eigenvalue weighted by Gasteiger charge is -2.10. The fraction of sp³-hybridized carbons (Fsp3) is 0.238. The van der Waals surface area contributed by atoms with Gasteiger partial charge in [0.2, 0.25) is 6.33 Å². The quantitative estimate of drug-likeness (QED) is 0.675. The summed E-state index contributed by atoms with van der Waals surface area (Å²) in [6.07, 6.45) is 4.74. The van der Waals surface area contributed by atoms with Crippen LogP contribution in [-0.2, 0) is 11.3 Å². The number of nitrogens with zero attached hydrogens (tertiary/aromatic N) is 2. The van der Waals surface area contributed by atoms with Crippen molar-refractivity contribution >= 4 is 28.8 Å². The van der Waals surface area contributed by atoms with E-state index in [4.69, 9.17) is 0 Å². The van der Waals surface area contributed by atoms with Crippen LogP contribution < -0.4 is 9.88 Å². The highest BCUT2D eigenvalue weighted by Crippen LogP contribution is 2.20. The Morgan fingerprint density at radius 2 is 1.96 bits per heavy atom. The molecule has 0 aliphatic heterocycles. The third kappa shape index (κ3) is 3.63. The van der Waals surface area contributed by atoms with E-state index in [1.807, 2.05) is 51.9 Å². The van der Waals surface area contributed by atoms with Crippen LogP contribution in [0.15, 0.2) is 61.4 Å². The summed E-state index contributed by atoms with van der Waals surface area (Å²) in [6, 6.07) is 16.1. The molecule has 4 heteroatoms. The van der Waals surface area contributed by atoms with Gasteiger partial charge in [-0.2, -0.15) is 0 Å². The van der Waals surface area contributed by atoms with E-state index < -0.39 is 0 Å². The van der Waals surface area contributed by atoms with E-state index in [2.05, 4.69) is 37.9 Å². The molecule has 1 amide bonds. The van der Waals surface area contributed by atoms with Crippen LogP contribution in [0.25, 0.3) is 17.2 Å². The number of nitrogens with one attached hydrogen (secondary N) is 1. The molecule has 0 spiro atoms. The van der Waals surface area contributed by atoms with Crippen molar-refractivity contribution in [3.63, 3.8) is 0 Å². The van der Waals surface area contributed by atoms with Crippen molar-refractivity contribution in [3.05, 3.63) is 67.0 Å². The van der Waals surface area contributed by atoms with Crippen molar-refractivity contribution < 1.29 is 9.36 Å². The Balaban J connectivity index is 1.74. The smallest absolute Gasteiger partial charge is 0.266 e. The Labute approximate surface area is 148 Å².